The van der Waals surface area contributed by atoms with Gasteiger partial charge in [-0.05, 0) is 26.7 Å². The molecule has 1 saturated carbocycles. The van der Waals surface area contributed by atoms with E-state index in [0.717, 1.165) is 19.4 Å². The van der Waals surface area contributed by atoms with Gasteiger partial charge in [0, 0.05) is 18.8 Å². The maximum Gasteiger partial charge on any atom is 0.343 e. The Bertz CT molecular complexity index is 456. The molecule has 2 rings (SSSR count). The van der Waals surface area contributed by atoms with Gasteiger partial charge in [-0.3, -0.25) is 0 Å². The highest BCUT2D eigenvalue weighted by molar-refractivity contribution is 5.94. The molecule has 0 bridgehead atoms. The van der Waals surface area contributed by atoms with Gasteiger partial charge in [0.15, 0.2) is 0 Å². The Hall–Kier alpha value is -1.65. The predicted octanol–water partition coefficient (Wildman–Crippen LogP) is 2.34. The number of carbonyl (C=O) groups excluding carboxylic acids is 1. The monoisotopic (exact) mass is 263 g/mol. The molecule has 0 aliphatic heterocycles. The van der Waals surface area contributed by atoms with Gasteiger partial charge in [0.2, 0.25) is 0 Å². The minimum atomic E-state index is -0.369. The molecule has 0 spiro atoms. The van der Waals surface area contributed by atoms with E-state index in [0.29, 0.717) is 23.2 Å². The first-order valence-corrected chi connectivity index (χ1v) is 6.86. The van der Waals surface area contributed by atoms with Gasteiger partial charge in [-0.2, -0.15) is 0 Å². The van der Waals surface area contributed by atoms with E-state index < -0.39 is 0 Å². The summed E-state index contributed by atoms with van der Waals surface area (Å²) in [6.45, 7) is 4.77. The number of esters is 1. The van der Waals surface area contributed by atoms with E-state index in [1.165, 1.54) is 20.0 Å². The number of aromatic nitrogens is 2. The second-order valence-corrected chi connectivity index (χ2v) is 4.87. The third-order valence-electron chi connectivity index (χ3n) is 3.67. The molecule has 1 aromatic rings. The second-order valence-electron chi connectivity index (χ2n) is 4.87. The van der Waals surface area contributed by atoms with E-state index in [1.807, 2.05) is 6.92 Å². The summed E-state index contributed by atoms with van der Waals surface area (Å²) in [5.41, 5.74) is 0.460. The van der Waals surface area contributed by atoms with Crippen molar-refractivity contribution in [3.05, 3.63) is 17.6 Å². The Morgan fingerprint density at radius 2 is 2.16 bits per heavy atom. The van der Waals surface area contributed by atoms with Gasteiger partial charge in [0.1, 0.15) is 17.2 Å². The van der Waals surface area contributed by atoms with E-state index in [9.17, 15) is 4.79 Å². The summed E-state index contributed by atoms with van der Waals surface area (Å²) >= 11 is 0. The van der Waals surface area contributed by atoms with Crippen LogP contribution < -0.4 is 4.90 Å². The topological polar surface area (TPSA) is 55.3 Å². The molecule has 104 valence electrons. The van der Waals surface area contributed by atoms with Crippen molar-refractivity contribution in [1.82, 2.24) is 9.97 Å². The first-order chi connectivity index (χ1) is 9.17. The lowest BCUT2D eigenvalue weighted by atomic mass is 10.2. The van der Waals surface area contributed by atoms with E-state index in [-0.39, 0.29) is 5.97 Å². The molecule has 5 heteroatoms. The van der Waals surface area contributed by atoms with Crippen molar-refractivity contribution in [2.24, 2.45) is 0 Å². The standard InChI is InChI=1S/C14H21N3O2/c1-4-17(11-7-5-6-8-11)13-12(14(18)19-3)9-15-10(2)16-13/h9,11H,4-8H2,1-3H3. The number of carbonyl (C=O) groups is 1. The molecule has 0 saturated heterocycles. The highest BCUT2D eigenvalue weighted by atomic mass is 16.5. The molecule has 1 aromatic heterocycles. The Labute approximate surface area is 114 Å². The molecule has 0 unspecified atom stereocenters. The van der Waals surface area contributed by atoms with Crippen LogP contribution in [0.2, 0.25) is 0 Å². The van der Waals surface area contributed by atoms with Crippen molar-refractivity contribution in [1.29, 1.82) is 0 Å². The molecule has 1 fully saturated rings. The fourth-order valence-corrected chi connectivity index (χ4v) is 2.73. The summed E-state index contributed by atoms with van der Waals surface area (Å²) in [5, 5.41) is 0. The smallest absolute Gasteiger partial charge is 0.343 e. The number of anilines is 1. The first kappa shape index (κ1) is 13.8. The molecule has 0 amide bonds. The van der Waals surface area contributed by atoms with Crippen molar-refractivity contribution in [2.45, 2.75) is 45.6 Å². The molecule has 1 heterocycles. The van der Waals surface area contributed by atoms with Gasteiger partial charge in [-0.1, -0.05) is 12.8 Å². The maximum absolute atomic E-state index is 11.9. The molecule has 1 aliphatic carbocycles. The van der Waals surface area contributed by atoms with Gasteiger partial charge in [0.05, 0.1) is 7.11 Å². The fourth-order valence-electron chi connectivity index (χ4n) is 2.73. The van der Waals surface area contributed by atoms with Gasteiger partial charge in [0.25, 0.3) is 0 Å². The SMILES string of the molecule is CCN(c1nc(C)ncc1C(=O)OC)C1CCCC1. The minimum Gasteiger partial charge on any atom is -0.465 e. The third kappa shape index (κ3) is 2.85. The lowest BCUT2D eigenvalue weighted by molar-refractivity contribution is 0.0600. The van der Waals surface area contributed by atoms with Gasteiger partial charge in [-0.15, -0.1) is 0 Å². The van der Waals surface area contributed by atoms with Crippen LogP contribution in [0, 0.1) is 6.92 Å². The number of rotatable bonds is 4. The van der Waals surface area contributed by atoms with Crippen molar-refractivity contribution in [2.75, 3.05) is 18.6 Å². The minimum absolute atomic E-state index is 0.369. The van der Waals surface area contributed by atoms with Crippen LogP contribution in [0.4, 0.5) is 5.82 Å². The summed E-state index contributed by atoms with van der Waals surface area (Å²) in [7, 11) is 1.39. The molecule has 0 atom stereocenters. The number of ether oxygens (including phenoxy) is 1. The zero-order valence-electron chi connectivity index (χ0n) is 11.8. The van der Waals surface area contributed by atoms with Crippen molar-refractivity contribution < 1.29 is 9.53 Å². The molecule has 0 N–H and O–H groups in total. The first-order valence-electron chi connectivity index (χ1n) is 6.86. The average molecular weight is 263 g/mol. The number of methoxy groups -OCH3 is 1. The molecular weight excluding hydrogens is 242 g/mol. The van der Waals surface area contributed by atoms with E-state index in [1.54, 1.807) is 6.20 Å². The lowest BCUT2D eigenvalue weighted by Gasteiger charge is -2.30. The van der Waals surface area contributed by atoms with E-state index in [2.05, 4.69) is 21.8 Å². The van der Waals surface area contributed by atoms with Gasteiger partial charge < -0.3 is 9.64 Å². The van der Waals surface area contributed by atoms with Crippen LogP contribution in [0.15, 0.2) is 6.20 Å². The van der Waals surface area contributed by atoms with Crippen LogP contribution in [0.3, 0.4) is 0 Å². The summed E-state index contributed by atoms with van der Waals surface area (Å²) in [5.74, 6) is 1.03. The Morgan fingerprint density at radius 1 is 1.47 bits per heavy atom. The largest absolute Gasteiger partial charge is 0.465 e. The average Bonchev–Trinajstić information content (AvgIpc) is 2.93. The lowest BCUT2D eigenvalue weighted by Crippen LogP contribution is -2.35. The van der Waals surface area contributed by atoms with Crippen molar-refractivity contribution >= 4 is 11.8 Å². The summed E-state index contributed by atoms with van der Waals surface area (Å²) < 4.78 is 4.83. The molecule has 0 radical (unpaired) electrons. The fraction of sp³-hybridized carbons (Fsp3) is 0.643. The Kier molecular flexibility index (Phi) is 4.35. The molecule has 5 nitrogen and oxygen atoms in total. The van der Waals surface area contributed by atoms with Crippen LogP contribution in [0.5, 0.6) is 0 Å². The summed E-state index contributed by atoms with van der Waals surface area (Å²) in [4.78, 5) is 22.7. The number of aryl methyl sites for hydroxylation is 1. The molecule has 1 aliphatic rings. The van der Waals surface area contributed by atoms with Crippen molar-refractivity contribution in [3.63, 3.8) is 0 Å². The van der Waals surface area contributed by atoms with Crippen LogP contribution in [0.1, 0.15) is 48.8 Å². The number of nitrogens with zero attached hydrogens (tertiary/aromatic N) is 3. The molecule has 19 heavy (non-hydrogen) atoms. The van der Waals surface area contributed by atoms with Crippen LogP contribution >= 0.6 is 0 Å². The zero-order valence-corrected chi connectivity index (χ0v) is 11.8. The molecular formula is C14H21N3O2. The van der Waals surface area contributed by atoms with E-state index in [4.69, 9.17) is 4.74 Å². The second kappa shape index (κ2) is 5.99. The highest BCUT2D eigenvalue weighted by Crippen LogP contribution is 2.29. The third-order valence-corrected chi connectivity index (χ3v) is 3.67. The maximum atomic E-state index is 11.9. The van der Waals surface area contributed by atoms with Crippen LogP contribution in [0.25, 0.3) is 0 Å². The van der Waals surface area contributed by atoms with Crippen LogP contribution in [-0.2, 0) is 4.74 Å². The normalized spacial score (nSPS) is 15.5. The van der Waals surface area contributed by atoms with Gasteiger partial charge in [-0.25, -0.2) is 14.8 Å². The highest BCUT2D eigenvalue weighted by Gasteiger charge is 2.26. The number of hydrogen-bond donors (Lipinski definition) is 0. The van der Waals surface area contributed by atoms with E-state index >= 15 is 0 Å². The Morgan fingerprint density at radius 3 is 2.74 bits per heavy atom. The molecule has 0 aromatic carbocycles. The quantitative estimate of drug-likeness (QED) is 0.780. The summed E-state index contributed by atoms with van der Waals surface area (Å²) in [6.07, 6.45) is 6.40. The predicted molar refractivity (Wildman–Crippen MR) is 73.4 cm³/mol. The van der Waals surface area contributed by atoms with Crippen molar-refractivity contribution in [3.8, 4) is 0 Å². The zero-order chi connectivity index (χ0) is 13.8. The summed E-state index contributed by atoms with van der Waals surface area (Å²) in [6, 6.07) is 0.475. The number of hydrogen-bond acceptors (Lipinski definition) is 5. The van der Waals surface area contributed by atoms with Crippen LogP contribution in [-0.4, -0.2) is 35.6 Å². The Balaban J connectivity index is 2.39. The van der Waals surface area contributed by atoms with Gasteiger partial charge >= 0.3 is 5.97 Å².